The Morgan fingerprint density at radius 3 is 2.46 bits per heavy atom. The summed E-state index contributed by atoms with van der Waals surface area (Å²) in [5, 5.41) is 3.35. The Morgan fingerprint density at radius 2 is 1.88 bits per heavy atom. The molecule has 0 aliphatic rings. The summed E-state index contributed by atoms with van der Waals surface area (Å²) in [5.74, 6) is 0.103. The Labute approximate surface area is 149 Å². The molecule has 1 heterocycles. The van der Waals surface area contributed by atoms with Gasteiger partial charge >= 0.3 is 5.97 Å². The summed E-state index contributed by atoms with van der Waals surface area (Å²) in [7, 11) is 0. The number of furan rings is 1. The summed E-state index contributed by atoms with van der Waals surface area (Å²) < 4.78 is 10.3. The van der Waals surface area contributed by atoms with E-state index in [0.717, 1.165) is 5.76 Å². The Kier molecular flexibility index (Phi) is 6.06. The summed E-state index contributed by atoms with van der Waals surface area (Å²) in [5.41, 5.74) is 0.419. The molecule has 2 rings (SSSR count). The molecule has 1 unspecified atom stereocenters. The van der Waals surface area contributed by atoms with Gasteiger partial charge in [-0.3, -0.25) is 4.79 Å². The van der Waals surface area contributed by atoms with Crippen LogP contribution in [0.15, 0.2) is 40.8 Å². The standard InChI is InChI=1S/C17H15Cl2NO4/c1-10-3-4-15(23-10)5-6-16(21)24-11(2)17(22)20-14-8-12(18)7-13(19)9-14/h3-9,11H,1-2H3,(H,20,22). The molecular weight excluding hydrogens is 353 g/mol. The Morgan fingerprint density at radius 1 is 1.21 bits per heavy atom. The van der Waals surface area contributed by atoms with Crippen LogP contribution in [-0.2, 0) is 14.3 Å². The van der Waals surface area contributed by atoms with Crippen LogP contribution in [0.1, 0.15) is 18.4 Å². The number of carbonyl (C=O) groups excluding carboxylic acids is 2. The number of ether oxygens (including phenoxy) is 1. The van der Waals surface area contributed by atoms with Gasteiger partial charge in [0.15, 0.2) is 6.10 Å². The van der Waals surface area contributed by atoms with Crippen molar-refractivity contribution in [1.82, 2.24) is 0 Å². The maximum absolute atomic E-state index is 12.0. The van der Waals surface area contributed by atoms with E-state index >= 15 is 0 Å². The van der Waals surface area contributed by atoms with Crippen LogP contribution in [-0.4, -0.2) is 18.0 Å². The second-order valence-corrected chi connectivity index (χ2v) is 5.88. The molecule has 1 atom stereocenters. The highest BCUT2D eigenvalue weighted by Gasteiger charge is 2.17. The Bertz CT molecular complexity index is 762. The third-order valence-electron chi connectivity index (χ3n) is 2.94. The molecule has 0 aliphatic heterocycles. The van der Waals surface area contributed by atoms with Crippen LogP contribution >= 0.6 is 23.2 Å². The number of rotatable bonds is 5. The first-order chi connectivity index (χ1) is 11.3. The number of esters is 1. The van der Waals surface area contributed by atoms with Gasteiger partial charge in [0.25, 0.3) is 5.91 Å². The number of anilines is 1. The van der Waals surface area contributed by atoms with Crippen LogP contribution < -0.4 is 5.32 Å². The average molecular weight is 368 g/mol. The largest absolute Gasteiger partial charge is 0.462 e. The summed E-state index contributed by atoms with van der Waals surface area (Å²) >= 11 is 11.7. The van der Waals surface area contributed by atoms with Crippen LogP contribution in [0, 0.1) is 6.92 Å². The number of carbonyl (C=O) groups is 2. The fourth-order valence-corrected chi connectivity index (χ4v) is 2.36. The lowest BCUT2D eigenvalue weighted by atomic mass is 10.3. The van der Waals surface area contributed by atoms with E-state index in [0.29, 0.717) is 21.5 Å². The zero-order chi connectivity index (χ0) is 17.7. The van der Waals surface area contributed by atoms with Gasteiger partial charge in [0.1, 0.15) is 11.5 Å². The van der Waals surface area contributed by atoms with Crippen molar-refractivity contribution in [3.8, 4) is 0 Å². The molecule has 0 bridgehead atoms. The van der Waals surface area contributed by atoms with Crippen molar-refractivity contribution < 1.29 is 18.7 Å². The first-order valence-electron chi connectivity index (χ1n) is 7.05. The average Bonchev–Trinajstić information content (AvgIpc) is 2.89. The highest BCUT2D eigenvalue weighted by molar-refractivity contribution is 6.35. The fraction of sp³-hybridized carbons (Fsp3) is 0.176. The summed E-state index contributed by atoms with van der Waals surface area (Å²) in [6.45, 7) is 3.26. The number of hydrogen-bond acceptors (Lipinski definition) is 4. The molecule has 126 valence electrons. The number of halogens is 2. The minimum Gasteiger partial charge on any atom is -0.462 e. The molecule has 1 aromatic carbocycles. The van der Waals surface area contributed by atoms with Gasteiger partial charge in [-0.2, -0.15) is 0 Å². The molecule has 7 heteroatoms. The number of aryl methyl sites for hydroxylation is 1. The van der Waals surface area contributed by atoms with E-state index in [1.54, 1.807) is 37.3 Å². The molecule has 24 heavy (non-hydrogen) atoms. The van der Waals surface area contributed by atoms with E-state index in [1.807, 2.05) is 0 Å². The highest BCUT2D eigenvalue weighted by atomic mass is 35.5. The first-order valence-corrected chi connectivity index (χ1v) is 7.81. The topological polar surface area (TPSA) is 68.5 Å². The quantitative estimate of drug-likeness (QED) is 0.624. The second kappa shape index (κ2) is 8.04. The number of hydrogen-bond donors (Lipinski definition) is 1. The summed E-state index contributed by atoms with van der Waals surface area (Å²) in [6.07, 6.45) is 1.67. The smallest absolute Gasteiger partial charge is 0.331 e. The third kappa shape index (κ3) is 5.44. The molecule has 0 fully saturated rings. The van der Waals surface area contributed by atoms with Gasteiger partial charge < -0.3 is 14.5 Å². The zero-order valence-electron chi connectivity index (χ0n) is 13.0. The van der Waals surface area contributed by atoms with Crippen molar-refractivity contribution in [2.24, 2.45) is 0 Å². The number of nitrogens with one attached hydrogen (secondary N) is 1. The monoisotopic (exact) mass is 367 g/mol. The van der Waals surface area contributed by atoms with Crippen molar-refractivity contribution in [2.45, 2.75) is 20.0 Å². The van der Waals surface area contributed by atoms with Crippen molar-refractivity contribution in [2.75, 3.05) is 5.32 Å². The number of amides is 1. The molecule has 0 radical (unpaired) electrons. The summed E-state index contributed by atoms with van der Waals surface area (Å²) in [6, 6.07) is 8.12. The van der Waals surface area contributed by atoms with Gasteiger partial charge in [-0.1, -0.05) is 23.2 Å². The van der Waals surface area contributed by atoms with Gasteiger partial charge in [-0.25, -0.2) is 4.79 Å². The van der Waals surface area contributed by atoms with Crippen LogP contribution in [0.3, 0.4) is 0 Å². The molecule has 1 aromatic heterocycles. The molecular formula is C17H15Cl2NO4. The molecule has 5 nitrogen and oxygen atoms in total. The van der Waals surface area contributed by atoms with E-state index in [4.69, 9.17) is 32.4 Å². The zero-order valence-corrected chi connectivity index (χ0v) is 14.5. The lowest BCUT2D eigenvalue weighted by Crippen LogP contribution is -2.29. The van der Waals surface area contributed by atoms with Crippen molar-refractivity contribution >= 4 is 46.8 Å². The van der Waals surface area contributed by atoms with Crippen LogP contribution in [0.5, 0.6) is 0 Å². The predicted octanol–water partition coefficient (Wildman–Crippen LogP) is 4.48. The van der Waals surface area contributed by atoms with Gasteiger partial charge in [0.2, 0.25) is 0 Å². The van der Waals surface area contributed by atoms with Gasteiger partial charge in [-0.15, -0.1) is 0 Å². The van der Waals surface area contributed by atoms with Crippen LogP contribution in [0.25, 0.3) is 6.08 Å². The molecule has 1 N–H and O–H groups in total. The SMILES string of the molecule is Cc1ccc(C=CC(=O)OC(C)C(=O)Nc2cc(Cl)cc(Cl)c2)o1. The van der Waals surface area contributed by atoms with Crippen molar-refractivity contribution in [3.05, 3.63) is 58.0 Å². The highest BCUT2D eigenvalue weighted by Crippen LogP contribution is 2.22. The van der Waals surface area contributed by atoms with Crippen molar-refractivity contribution in [1.29, 1.82) is 0 Å². The lowest BCUT2D eigenvalue weighted by molar-refractivity contribution is -0.148. The maximum Gasteiger partial charge on any atom is 0.331 e. The minimum atomic E-state index is -0.988. The third-order valence-corrected chi connectivity index (χ3v) is 3.37. The van der Waals surface area contributed by atoms with E-state index in [1.165, 1.54) is 19.1 Å². The van der Waals surface area contributed by atoms with Crippen molar-refractivity contribution in [3.63, 3.8) is 0 Å². The van der Waals surface area contributed by atoms with Crippen LogP contribution in [0.2, 0.25) is 10.0 Å². The van der Waals surface area contributed by atoms with Gasteiger partial charge in [-0.05, 0) is 50.3 Å². The molecule has 0 saturated carbocycles. The van der Waals surface area contributed by atoms with Crippen LogP contribution in [0.4, 0.5) is 5.69 Å². The fourth-order valence-electron chi connectivity index (χ4n) is 1.83. The van der Waals surface area contributed by atoms with E-state index in [-0.39, 0.29) is 0 Å². The molecule has 0 aliphatic carbocycles. The van der Waals surface area contributed by atoms with E-state index < -0.39 is 18.0 Å². The predicted molar refractivity (Wildman–Crippen MR) is 93.1 cm³/mol. The van der Waals surface area contributed by atoms with Gasteiger partial charge in [0, 0.05) is 21.8 Å². The van der Waals surface area contributed by atoms with Gasteiger partial charge in [0.05, 0.1) is 0 Å². The molecule has 0 saturated heterocycles. The molecule has 2 aromatic rings. The van der Waals surface area contributed by atoms with E-state index in [9.17, 15) is 9.59 Å². The first kappa shape index (κ1) is 18.1. The minimum absolute atomic E-state index is 0.388. The Balaban J connectivity index is 1.90. The maximum atomic E-state index is 12.0. The molecule has 1 amide bonds. The molecule has 0 spiro atoms. The lowest BCUT2D eigenvalue weighted by Gasteiger charge is -2.12. The normalized spacial score (nSPS) is 12.2. The second-order valence-electron chi connectivity index (χ2n) is 5.01. The summed E-state index contributed by atoms with van der Waals surface area (Å²) in [4.78, 5) is 23.8. The number of benzene rings is 1. The Hall–Kier alpha value is -2.24. The van der Waals surface area contributed by atoms with E-state index in [2.05, 4.69) is 5.32 Å².